The number of ether oxygens (including phenoxy) is 3. The van der Waals surface area contributed by atoms with E-state index in [-0.39, 0.29) is 36.3 Å². The number of fused-ring (bicyclic) bond motifs is 1. The Bertz CT molecular complexity index is 1440. The van der Waals surface area contributed by atoms with Gasteiger partial charge in [0.1, 0.15) is 17.2 Å². The highest BCUT2D eigenvalue weighted by Crippen LogP contribution is 2.31. The van der Waals surface area contributed by atoms with Gasteiger partial charge in [-0.15, -0.1) is 0 Å². The van der Waals surface area contributed by atoms with Crippen molar-refractivity contribution in [2.75, 3.05) is 40.0 Å². The van der Waals surface area contributed by atoms with Crippen LogP contribution in [0.5, 0.6) is 5.75 Å². The lowest BCUT2D eigenvalue weighted by atomic mass is 10.0. The lowest BCUT2D eigenvalue weighted by molar-refractivity contribution is -0.137. The molecule has 2 aliphatic rings. The number of benzene rings is 2. The average Bonchev–Trinajstić information content (AvgIpc) is 3.52. The van der Waals surface area contributed by atoms with Gasteiger partial charge in [-0.25, -0.2) is 9.59 Å². The standard InChI is InChI=1S/C27H25N3O8/c1-35-26(33)23-9-7-18(38-23)15-30-25(32)21(28-27(30)34)14-20-19-5-3-2-4-17(19)6-8-22(20)37-16-24(31)29-10-12-36-13-11-29/h2-9,14H,10-13,15-16H2,1H3,(H,28,34)/b21-14-. The van der Waals surface area contributed by atoms with Crippen LogP contribution in [0.2, 0.25) is 0 Å². The number of nitrogens with one attached hydrogen (secondary N) is 1. The van der Waals surface area contributed by atoms with Crippen LogP contribution < -0.4 is 10.1 Å². The first-order chi connectivity index (χ1) is 18.4. The summed E-state index contributed by atoms with van der Waals surface area (Å²) in [6.07, 6.45) is 1.54. The van der Waals surface area contributed by atoms with E-state index in [1.165, 1.54) is 19.2 Å². The van der Waals surface area contributed by atoms with E-state index >= 15 is 0 Å². The molecule has 1 N–H and O–H groups in total. The summed E-state index contributed by atoms with van der Waals surface area (Å²) >= 11 is 0. The zero-order valence-electron chi connectivity index (χ0n) is 20.6. The van der Waals surface area contributed by atoms with E-state index in [1.807, 2.05) is 30.3 Å². The van der Waals surface area contributed by atoms with Gasteiger partial charge in [-0.3, -0.25) is 14.5 Å². The third-order valence-electron chi connectivity index (χ3n) is 6.26. The molecule has 0 radical (unpaired) electrons. The fourth-order valence-electron chi connectivity index (χ4n) is 4.28. The SMILES string of the molecule is COC(=O)c1ccc(CN2C(=O)N/C(=C\c3c(OCC(=O)N4CCOCC4)ccc4ccccc34)C2=O)o1. The molecular weight excluding hydrogens is 494 g/mol. The summed E-state index contributed by atoms with van der Waals surface area (Å²) in [6, 6.07) is 13.4. The number of imide groups is 1. The van der Waals surface area contributed by atoms with Crippen LogP contribution in [0.4, 0.5) is 4.79 Å². The third kappa shape index (κ3) is 5.09. The summed E-state index contributed by atoms with van der Waals surface area (Å²) in [5.74, 6) is -0.798. The number of carbonyl (C=O) groups is 4. The van der Waals surface area contributed by atoms with Gasteiger partial charge in [-0.2, -0.15) is 0 Å². The van der Waals surface area contributed by atoms with Crippen molar-refractivity contribution in [2.24, 2.45) is 0 Å². The molecule has 0 atom stereocenters. The van der Waals surface area contributed by atoms with E-state index in [0.29, 0.717) is 37.6 Å². The van der Waals surface area contributed by atoms with Crippen molar-refractivity contribution in [3.05, 3.63) is 71.3 Å². The van der Waals surface area contributed by atoms with Crippen molar-refractivity contribution in [1.82, 2.24) is 15.1 Å². The second-order valence-corrected chi connectivity index (χ2v) is 8.62. The Hall–Kier alpha value is -4.64. The van der Waals surface area contributed by atoms with Crippen LogP contribution in [0, 0.1) is 0 Å². The van der Waals surface area contributed by atoms with Gasteiger partial charge in [0.25, 0.3) is 11.8 Å². The van der Waals surface area contributed by atoms with Crippen LogP contribution in [0.3, 0.4) is 0 Å². The second kappa shape index (κ2) is 10.8. The van der Waals surface area contributed by atoms with E-state index in [9.17, 15) is 19.2 Å². The maximum atomic E-state index is 13.2. The van der Waals surface area contributed by atoms with Crippen molar-refractivity contribution in [2.45, 2.75) is 6.54 Å². The van der Waals surface area contributed by atoms with E-state index in [4.69, 9.17) is 13.9 Å². The fraction of sp³-hybridized carbons (Fsp3) is 0.259. The molecule has 3 aromatic rings. The molecule has 3 heterocycles. The van der Waals surface area contributed by atoms with E-state index in [0.717, 1.165) is 15.7 Å². The molecule has 2 aromatic carbocycles. The van der Waals surface area contributed by atoms with E-state index in [2.05, 4.69) is 10.1 Å². The molecule has 0 bridgehead atoms. The van der Waals surface area contributed by atoms with Gasteiger partial charge in [0, 0.05) is 18.7 Å². The molecule has 4 amide bonds. The third-order valence-corrected chi connectivity index (χ3v) is 6.26. The Morgan fingerprint density at radius 1 is 1.05 bits per heavy atom. The first kappa shape index (κ1) is 25.0. The maximum absolute atomic E-state index is 13.2. The van der Waals surface area contributed by atoms with Crippen molar-refractivity contribution in [1.29, 1.82) is 0 Å². The number of esters is 1. The molecule has 0 aliphatic carbocycles. The lowest BCUT2D eigenvalue weighted by Gasteiger charge is -2.26. The Labute approximate surface area is 217 Å². The first-order valence-electron chi connectivity index (χ1n) is 12.0. The predicted octanol–water partition coefficient (Wildman–Crippen LogP) is 2.55. The number of nitrogens with zero attached hydrogens (tertiary/aromatic N) is 2. The minimum absolute atomic E-state index is 0.0329. The number of furan rings is 1. The van der Waals surface area contributed by atoms with Crippen LogP contribution in [0.15, 0.2) is 58.6 Å². The molecule has 2 saturated heterocycles. The Kier molecular flexibility index (Phi) is 7.09. The molecule has 2 aliphatic heterocycles. The minimum Gasteiger partial charge on any atom is -0.483 e. The van der Waals surface area contributed by atoms with Gasteiger partial charge in [-0.1, -0.05) is 30.3 Å². The molecule has 0 unspecified atom stereocenters. The highest BCUT2D eigenvalue weighted by molar-refractivity contribution is 6.14. The highest BCUT2D eigenvalue weighted by atomic mass is 16.5. The monoisotopic (exact) mass is 519 g/mol. The molecule has 11 nitrogen and oxygen atoms in total. The molecule has 11 heteroatoms. The highest BCUT2D eigenvalue weighted by Gasteiger charge is 2.35. The topological polar surface area (TPSA) is 128 Å². The number of urea groups is 1. The number of morpholine rings is 1. The van der Waals surface area contributed by atoms with E-state index < -0.39 is 17.9 Å². The predicted molar refractivity (Wildman–Crippen MR) is 134 cm³/mol. The summed E-state index contributed by atoms with van der Waals surface area (Å²) in [5, 5.41) is 4.27. The number of hydrogen-bond acceptors (Lipinski definition) is 8. The van der Waals surface area contributed by atoms with Crippen molar-refractivity contribution in [3.8, 4) is 5.75 Å². The van der Waals surface area contributed by atoms with Crippen molar-refractivity contribution >= 4 is 40.7 Å². The summed E-state index contributed by atoms with van der Waals surface area (Å²) in [6.45, 7) is 1.63. The molecule has 5 rings (SSSR count). The molecular formula is C27H25N3O8. The lowest BCUT2D eigenvalue weighted by Crippen LogP contribution is -2.43. The van der Waals surface area contributed by atoms with Crippen molar-refractivity contribution in [3.63, 3.8) is 0 Å². The number of amides is 4. The van der Waals surface area contributed by atoms with Crippen LogP contribution in [0.1, 0.15) is 21.9 Å². The maximum Gasteiger partial charge on any atom is 0.373 e. The summed E-state index contributed by atoms with van der Waals surface area (Å²) in [4.78, 5) is 52.8. The Balaban J connectivity index is 1.40. The number of methoxy groups -OCH3 is 1. The Morgan fingerprint density at radius 3 is 2.63 bits per heavy atom. The molecule has 38 heavy (non-hydrogen) atoms. The zero-order valence-corrected chi connectivity index (χ0v) is 20.6. The second-order valence-electron chi connectivity index (χ2n) is 8.62. The van der Waals surface area contributed by atoms with Crippen LogP contribution in [0.25, 0.3) is 16.8 Å². The van der Waals surface area contributed by atoms with Gasteiger partial charge in [0.15, 0.2) is 6.61 Å². The Morgan fingerprint density at radius 2 is 1.84 bits per heavy atom. The number of rotatable bonds is 7. The smallest absolute Gasteiger partial charge is 0.373 e. The van der Waals surface area contributed by atoms with Gasteiger partial charge in [0.2, 0.25) is 5.76 Å². The van der Waals surface area contributed by atoms with Crippen LogP contribution >= 0.6 is 0 Å². The van der Waals surface area contributed by atoms with Crippen LogP contribution in [-0.4, -0.2) is 73.6 Å². The molecule has 0 saturated carbocycles. The molecule has 2 fully saturated rings. The quantitative estimate of drug-likeness (QED) is 0.287. The van der Waals surface area contributed by atoms with E-state index in [1.54, 1.807) is 17.0 Å². The van der Waals surface area contributed by atoms with Crippen molar-refractivity contribution < 1.29 is 37.8 Å². The van der Waals surface area contributed by atoms with Gasteiger partial charge in [-0.05, 0) is 35.0 Å². The summed E-state index contributed by atoms with van der Waals surface area (Å²) in [7, 11) is 1.23. The zero-order chi connectivity index (χ0) is 26.6. The number of carbonyl (C=O) groups excluding carboxylic acids is 4. The molecule has 196 valence electrons. The normalized spacial score (nSPS) is 16.7. The largest absolute Gasteiger partial charge is 0.483 e. The summed E-state index contributed by atoms with van der Waals surface area (Å²) < 4.78 is 21.2. The van der Waals surface area contributed by atoms with Gasteiger partial charge < -0.3 is 28.8 Å². The minimum atomic E-state index is -0.662. The molecule has 1 aromatic heterocycles. The first-order valence-corrected chi connectivity index (χ1v) is 12.0. The van der Waals surface area contributed by atoms with Crippen LogP contribution in [-0.2, 0) is 25.6 Å². The molecule has 0 spiro atoms. The summed E-state index contributed by atoms with van der Waals surface area (Å²) in [5.41, 5.74) is 0.588. The van der Waals surface area contributed by atoms with Gasteiger partial charge >= 0.3 is 12.0 Å². The fourth-order valence-corrected chi connectivity index (χ4v) is 4.28. The average molecular weight is 520 g/mol. The number of hydrogen-bond donors (Lipinski definition) is 1. The van der Waals surface area contributed by atoms with Gasteiger partial charge in [0.05, 0.1) is 26.9 Å².